The van der Waals surface area contributed by atoms with Crippen LogP contribution < -0.4 is 10.2 Å². The number of aromatic nitrogens is 2. The fourth-order valence-corrected chi connectivity index (χ4v) is 2.24. The summed E-state index contributed by atoms with van der Waals surface area (Å²) in [5.74, 6) is 2.17. The molecule has 0 aliphatic carbocycles. The molecule has 5 nitrogen and oxygen atoms in total. The lowest BCUT2D eigenvalue weighted by atomic mass is 10.1. The van der Waals surface area contributed by atoms with E-state index in [-0.39, 0.29) is 0 Å². The molecule has 120 valence electrons. The first-order chi connectivity index (χ1) is 11.7. The van der Waals surface area contributed by atoms with Gasteiger partial charge in [0.25, 0.3) is 0 Å². The maximum Gasteiger partial charge on any atom is 0.150 e. The van der Waals surface area contributed by atoms with E-state index >= 15 is 0 Å². The maximum atomic E-state index is 5.13. The SMILES string of the molecule is COc1ccc(/C=N/Nc2cc(-c3ccccc3)nc(C)n2)cc1. The molecule has 3 rings (SSSR count). The molecule has 1 N–H and O–H groups in total. The van der Waals surface area contributed by atoms with Crippen LogP contribution in [0.15, 0.2) is 65.8 Å². The molecule has 0 radical (unpaired) electrons. The minimum Gasteiger partial charge on any atom is -0.497 e. The summed E-state index contributed by atoms with van der Waals surface area (Å²) in [5.41, 5.74) is 5.84. The third-order valence-corrected chi connectivity index (χ3v) is 3.42. The summed E-state index contributed by atoms with van der Waals surface area (Å²) >= 11 is 0. The van der Waals surface area contributed by atoms with Crippen LogP contribution in [0.3, 0.4) is 0 Å². The van der Waals surface area contributed by atoms with E-state index in [1.165, 1.54) is 0 Å². The number of benzene rings is 2. The zero-order valence-corrected chi connectivity index (χ0v) is 13.6. The minimum atomic E-state index is 0.658. The van der Waals surface area contributed by atoms with Gasteiger partial charge in [-0.15, -0.1) is 0 Å². The molecule has 0 saturated carbocycles. The Kier molecular flexibility index (Phi) is 4.81. The number of rotatable bonds is 5. The predicted octanol–water partition coefficient (Wildman–Crippen LogP) is 3.91. The van der Waals surface area contributed by atoms with E-state index in [9.17, 15) is 0 Å². The molecule has 0 amide bonds. The quantitative estimate of drug-likeness (QED) is 0.572. The summed E-state index contributed by atoms with van der Waals surface area (Å²) in [6.07, 6.45) is 1.74. The van der Waals surface area contributed by atoms with E-state index in [4.69, 9.17) is 4.74 Å². The van der Waals surface area contributed by atoms with E-state index in [2.05, 4.69) is 20.5 Å². The van der Waals surface area contributed by atoms with Gasteiger partial charge in [0, 0.05) is 11.6 Å². The number of anilines is 1. The molecule has 0 fully saturated rings. The van der Waals surface area contributed by atoms with E-state index < -0.39 is 0 Å². The zero-order chi connectivity index (χ0) is 16.8. The molecule has 24 heavy (non-hydrogen) atoms. The minimum absolute atomic E-state index is 0.658. The third kappa shape index (κ3) is 3.95. The van der Waals surface area contributed by atoms with Crippen molar-refractivity contribution in [3.8, 4) is 17.0 Å². The van der Waals surface area contributed by atoms with Gasteiger partial charge in [-0.25, -0.2) is 9.97 Å². The first-order valence-corrected chi connectivity index (χ1v) is 7.59. The standard InChI is InChI=1S/C19H18N4O/c1-14-21-18(16-6-4-3-5-7-16)12-19(22-14)23-20-13-15-8-10-17(24-2)11-9-15/h3-13H,1-2H3,(H,21,22,23)/b20-13+. The highest BCUT2D eigenvalue weighted by Crippen LogP contribution is 2.19. The Hall–Kier alpha value is -3.21. The summed E-state index contributed by atoms with van der Waals surface area (Å²) in [6, 6.07) is 19.5. The summed E-state index contributed by atoms with van der Waals surface area (Å²) in [7, 11) is 1.65. The van der Waals surface area contributed by atoms with Gasteiger partial charge < -0.3 is 4.74 Å². The number of methoxy groups -OCH3 is 1. The van der Waals surface area contributed by atoms with Gasteiger partial charge in [0.15, 0.2) is 0 Å². The average molecular weight is 318 g/mol. The average Bonchev–Trinajstić information content (AvgIpc) is 2.63. The second-order valence-electron chi connectivity index (χ2n) is 5.19. The number of hydrogen-bond donors (Lipinski definition) is 1. The fourth-order valence-electron chi connectivity index (χ4n) is 2.24. The third-order valence-electron chi connectivity index (χ3n) is 3.42. The highest BCUT2D eigenvalue weighted by molar-refractivity contribution is 5.80. The van der Waals surface area contributed by atoms with E-state index in [1.807, 2.05) is 67.6 Å². The van der Waals surface area contributed by atoms with Gasteiger partial charge in [-0.1, -0.05) is 30.3 Å². The Morgan fingerprint density at radius 3 is 2.46 bits per heavy atom. The van der Waals surface area contributed by atoms with Gasteiger partial charge in [-0.05, 0) is 36.8 Å². The number of hydrazone groups is 1. The molecule has 1 aromatic heterocycles. The van der Waals surface area contributed by atoms with Gasteiger partial charge in [-0.2, -0.15) is 5.10 Å². The normalized spacial score (nSPS) is 10.8. The van der Waals surface area contributed by atoms with Gasteiger partial charge in [0.2, 0.25) is 0 Å². The van der Waals surface area contributed by atoms with Crippen LogP contribution in [0, 0.1) is 6.92 Å². The lowest BCUT2D eigenvalue weighted by Crippen LogP contribution is -1.98. The first kappa shape index (κ1) is 15.7. The highest BCUT2D eigenvalue weighted by Gasteiger charge is 2.03. The molecular formula is C19H18N4O. The molecule has 0 aliphatic heterocycles. The zero-order valence-electron chi connectivity index (χ0n) is 13.6. The molecule has 5 heteroatoms. The Balaban J connectivity index is 1.75. The Morgan fingerprint density at radius 1 is 1.00 bits per heavy atom. The lowest BCUT2D eigenvalue weighted by Gasteiger charge is -2.05. The van der Waals surface area contributed by atoms with Gasteiger partial charge >= 0.3 is 0 Å². The van der Waals surface area contributed by atoms with E-state index in [0.29, 0.717) is 11.6 Å². The molecule has 0 spiro atoms. The Labute approximate surface area is 141 Å². The lowest BCUT2D eigenvalue weighted by molar-refractivity contribution is 0.415. The number of nitrogens with zero attached hydrogens (tertiary/aromatic N) is 3. The highest BCUT2D eigenvalue weighted by atomic mass is 16.5. The van der Waals surface area contributed by atoms with Gasteiger partial charge in [0.1, 0.15) is 17.4 Å². The van der Waals surface area contributed by atoms with Crippen LogP contribution in [0.2, 0.25) is 0 Å². The van der Waals surface area contributed by atoms with Crippen molar-refractivity contribution in [1.29, 1.82) is 0 Å². The molecular weight excluding hydrogens is 300 g/mol. The number of aryl methyl sites for hydroxylation is 1. The van der Waals surface area contributed by atoms with Crippen LogP contribution in [0.5, 0.6) is 5.75 Å². The molecule has 3 aromatic rings. The first-order valence-electron chi connectivity index (χ1n) is 7.59. The summed E-state index contributed by atoms with van der Waals surface area (Å²) in [4.78, 5) is 8.83. The number of hydrogen-bond acceptors (Lipinski definition) is 5. The molecule has 0 unspecified atom stereocenters. The summed E-state index contributed by atoms with van der Waals surface area (Å²) in [5, 5.41) is 4.24. The van der Waals surface area contributed by atoms with Crippen LogP contribution in [0.1, 0.15) is 11.4 Å². The van der Waals surface area contributed by atoms with Crippen LogP contribution in [-0.4, -0.2) is 23.3 Å². The van der Waals surface area contributed by atoms with Crippen molar-refractivity contribution in [1.82, 2.24) is 9.97 Å². The van der Waals surface area contributed by atoms with Crippen molar-refractivity contribution in [2.24, 2.45) is 5.10 Å². The van der Waals surface area contributed by atoms with Crippen molar-refractivity contribution in [2.75, 3.05) is 12.5 Å². The molecule has 0 bridgehead atoms. The van der Waals surface area contributed by atoms with Crippen LogP contribution in [0.25, 0.3) is 11.3 Å². The van der Waals surface area contributed by atoms with Crippen molar-refractivity contribution in [3.63, 3.8) is 0 Å². The fraction of sp³-hybridized carbons (Fsp3) is 0.105. The van der Waals surface area contributed by atoms with Crippen LogP contribution in [-0.2, 0) is 0 Å². The van der Waals surface area contributed by atoms with E-state index in [0.717, 1.165) is 22.6 Å². The van der Waals surface area contributed by atoms with Gasteiger partial charge in [-0.3, -0.25) is 5.43 Å². The summed E-state index contributed by atoms with van der Waals surface area (Å²) < 4.78 is 5.13. The van der Waals surface area contributed by atoms with Crippen molar-refractivity contribution in [2.45, 2.75) is 6.92 Å². The van der Waals surface area contributed by atoms with Crippen molar-refractivity contribution < 1.29 is 4.74 Å². The molecule has 0 saturated heterocycles. The largest absolute Gasteiger partial charge is 0.497 e. The second kappa shape index (κ2) is 7.37. The van der Waals surface area contributed by atoms with Crippen LogP contribution >= 0.6 is 0 Å². The second-order valence-corrected chi connectivity index (χ2v) is 5.19. The smallest absolute Gasteiger partial charge is 0.150 e. The predicted molar refractivity (Wildman–Crippen MR) is 96.4 cm³/mol. The molecule has 2 aromatic carbocycles. The Morgan fingerprint density at radius 2 is 1.75 bits per heavy atom. The van der Waals surface area contributed by atoms with Crippen LogP contribution in [0.4, 0.5) is 5.82 Å². The number of ether oxygens (including phenoxy) is 1. The summed E-state index contributed by atoms with van der Waals surface area (Å²) in [6.45, 7) is 1.87. The monoisotopic (exact) mass is 318 g/mol. The molecule has 0 atom stereocenters. The van der Waals surface area contributed by atoms with E-state index in [1.54, 1.807) is 13.3 Å². The van der Waals surface area contributed by atoms with Crippen molar-refractivity contribution >= 4 is 12.0 Å². The van der Waals surface area contributed by atoms with Crippen molar-refractivity contribution in [3.05, 3.63) is 72.1 Å². The topological polar surface area (TPSA) is 59.4 Å². The Bertz CT molecular complexity index is 830. The molecule has 1 heterocycles. The maximum absolute atomic E-state index is 5.13. The van der Waals surface area contributed by atoms with Gasteiger partial charge in [0.05, 0.1) is 19.0 Å². The molecule has 0 aliphatic rings. The number of nitrogens with one attached hydrogen (secondary N) is 1.